The van der Waals surface area contributed by atoms with Crippen molar-refractivity contribution < 1.29 is 19.7 Å². The average Bonchev–Trinajstić information content (AvgIpc) is 3.07. The van der Waals surface area contributed by atoms with Gasteiger partial charge in [0.15, 0.2) is 0 Å². The van der Waals surface area contributed by atoms with Crippen molar-refractivity contribution in [3.63, 3.8) is 0 Å². The highest BCUT2D eigenvalue weighted by Gasteiger charge is 2.21. The Morgan fingerprint density at radius 3 is 2.87 bits per heavy atom. The lowest BCUT2D eigenvalue weighted by Gasteiger charge is -2.18. The number of aromatic amines is 1. The molecule has 0 fully saturated rings. The monoisotopic (exact) mass is 320 g/mol. The lowest BCUT2D eigenvalue weighted by atomic mass is 10.1. The van der Waals surface area contributed by atoms with Gasteiger partial charge in [-0.05, 0) is 6.92 Å². The first-order chi connectivity index (χ1) is 11.1. The lowest BCUT2D eigenvalue weighted by molar-refractivity contribution is -0.143. The normalized spacial score (nSPS) is 12.1. The van der Waals surface area contributed by atoms with E-state index in [-0.39, 0.29) is 18.9 Å². The maximum absolute atomic E-state index is 11.9. The molecule has 1 atom stereocenters. The van der Waals surface area contributed by atoms with E-state index >= 15 is 0 Å². The number of H-pyrrole nitrogens is 1. The van der Waals surface area contributed by atoms with E-state index in [1.165, 1.54) is 19.6 Å². The molecule has 0 aliphatic carbocycles. The second kappa shape index (κ2) is 7.70. The van der Waals surface area contributed by atoms with Gasteiger partial charge in [-0.2, -0.15) is 0 Å². The fourth-order valence-corrected chi connectivity index (χ4v) is 2.24. The van der Waals surface area contributed by atoms with Crippen LogP contribution in [0, 0.1) is 6.92 Å². The summed E-state index contributed by atoms with van der Waals surface area (Å²) in [5, 5.41) is 22.6. The summed E-state index contributed by atoms with van der Waals surface area (Å²) >= 11 is 0. The van der Waals surface area contributed by atoms with E-state index in [1.54, 1.807) is 13.1 Å². The Morgan fingerprint density at radius 1 is 1.48 bits per heavy atom. The third-order valence-corrected chi connectivity index (χ3v) is 3.59. The number of aliphatic hydroxyl groups excluding tert-OH is 1. The topological polar surface area (TPSA) is 120 Å². The molecule has 0 amide bonds. The number of esters is 1. The lowest BCUT2D eigenvalue weighted by Crippen LogP contribution is -2.39. The van der Waals surface area contributed by atoms with Gasteiger partial charge in [0.25, 0.3) is 0 Å². The number of pyridine rings is 1. The van der Waals surface area contributed by atoms with Gasteiger partial charge in [-0.3, -0.25) is 15.1 Å². The number of nitrogens with zero attached hydrogens (tertiary/aromatic N) is 2. The number of carbonyl (C=O) groups is 1. The minimum Gasteiger partial charge on any atom is -0.506 e. The van der Waals surface area contributed by atoms with Crippen molar-refractivity contribution in [2.24, 2.45) is 0 Å². The van der Waals surface area contributed by atoms with E-state index in [4.69, 9.17) is 4.74 Å². The summed E-state index contributed by atoms with van der Waals surface area (Å²) in [6, 6.07) is -0.611. The first kappa shape index (κ1) is 16.9. The quantitative estimate of drug-likeness (QED) is 0.537. The van der Waals surface area contributed by atoms with Gasteiger partial charge in [0.1, 0.15) is 11.8 Å². The van der Waals surface area contributed by atoms with Gasteiger partial charge >= 0.3 is 5.97 Å². The number of nitrogens with one attached hydrogen (secondary N) is 2. The minimum atomic E-state index is -0.611. The molecule has 0 bridgehead atoms. The third-order valence-electron chi connectivity index (χ3n) is 3.59. The van der Waals surface area contributed by atoms with Crippen LogP contribution in [0.3, 0.4) is 0 Å². The van der Waals surface area contributed by atoms with E-state index in [9.17, 15) is 15.0 Å². The summed E-state index contributed by atoms with van der Waals surface area (Å²) < 4.78 is 4.80. The SMILES string of the molecule is COC(=O)[C@H](Cc1cnc[nH]1)NCc1c(CO)cnc(C)c1O. The van der Waals surface area contributed by atoms with Gasteiger partial charge in [-0.15, -0.1) is 0 Å². The van der Waals surface area contributed by atoms with Gasteiger partial charge < -0.3 is 19.9 Å². The van der Waals surface area contributed by atoms with Crippen LogP contribution < -0.4 is 5.32 Å². The molecule has 23 heavy (non-hydrogen) atoms. The Bertz CT molecular complexity index is 658. The summed E-state index contributed by atoms with van der Waals surface area (Å²) in [6.07, 6.45) is 5.04. The molecule has 0 aromatic carbocycles. The van der Waals surface area contributed by atoms with Crippen molar-refractivity contribution in [1.29, 1.82) is 0 Å². The zero-order valence-electron chi connectivity index (χ0n) is 13.0. The number of imidazole rings is 1. The highest BCUT2D eigenvalue weighted by molar-refractivity contribution is 5.76. The molecular weight excluding hydrogens is 300 g/mol. The Hall–Kier alpha value is -2.45. The summed E-state index contributed by atoms with van der Waals surface area (Å²) in [5.41, 5.74) is 2.26. The van der Waals surface area contributed by atoms with Crippen LogP contribution in [0.2, 0.25) is 0 Å². The van der Waals surface area contributed by atoms with E-state index in [0.29, 0.717) is 23.2 Å². The number of carbonyl (C=O) groups excluding carboxylic acids is 1. The van der Waals surface area contributed by atoms with Crippen LogP contribution in [0.5, 0.6) is 5.75 Å². The molecule has 2 aromatic heterocycles. The van der Waals surface area contributed by atoms with Crippen molar-refractivity contribution in [2.75, 3.05) is 7.11 Å². The van der Waals surface area contributed by atoms with Gasteiger partial charge in [-0.1, -0.05) is 0 Å². The number of aliphatic hydroxyl groups is 1. The number of methoxy groups -OCH3 is 1. The van der Waals surface area contributed by atoms with Crippen molar-refractivity contribution in [1.82, 2.24) is 20.3 Å². The zero-order chi connectivity index (χ0) is 16.8. The first-order valence-electron chi connectivity index (χ1n) is 7.12. The second-order valence-corrected chi connectivity index (χ2v) is 5.09. The fourth-order valence-electron chi connectivity index (χ4n) is 2.24. The molecule has 124 valence electrons. The molecule has 4 N–H and O–H groups in total. The van der Waals surface area contributed by atoms with Crippen LogP contribution in [0.15, 0.2) is 18.7 Å². The summed E-state index contributed by atoms with van der Waals surface area (Å²) in [4.78, 5) is 22.8. The predicted molar refractivity (Wildman–Crippen MR) is 81.5 cm³/mol. The van der Waals surface area contributed by atoms with E-state index in [2.05, 4.69) is 20.3 Å². The molecule has 0 aliphatic heterocycles. The number of hydrogen-bond donors (Lipinski definition) is 4. The van der Waals surface area contributed by atoms with Crippen molar-refractivity contribution in [3.8, 4) is 5.75 Å². The summed E-state index contributed by atoms with van der Waals surface area (Å²) in [5.74, 6) is -0.412. The molecule has 8 nitrogen and oxygen atoms in total. The van der Waals surface area contributed by atoms with E-state index < -0.39 is 12.0 Å². The zero-order valence-corrected chi connectivity index (χ0v) is 13.0. The highest BCUT2D eigenvalue weighted by atomic mass is 16.5. The Kier molecular flexibility index (Phi) is 5.67. The number of ether oxygens (including phenoxy) is 1. The average molecular weight is 320 g/mol. The third kappa shape index (κ3) is 4.05. The summed E-state index contributed by atoms with van der Waals surface area (Å²) in [7, 11) is 1.32. The Morgan fingerprint density at radius 2 is 2.26 bits per heavy atom. The maximum atomic E-state index is 11.9. The van der Waals surface area contributed by atoms with Gasteiger partial charge in [0, 0.05) is 42.2 Å². The van der Waals surface area contributed by atoms with Crippen molar-refractivity contribution in [3.05, 3.63) is 41.2 Å². The number of rotatable bonds is 7. The molecule has 2 rings (SSSR count). The molecule has 8 heteroatoms. The second-order valence-electron chi connectivity index (χ2n) is 5.09. The Labute approximate surface area is 133 Å². The van der Waals surface area contributed by atoms with Gasteiger partial charge in [0.2, 0.25) is 0 Å². The van der Waals surface area contributed by atoms with Crippen molar-refractivity contribution >= 4 is 5.97 Å². The summed E-state index contributed by atoms with van der Waals surface area (Å²) in [6.45, 7) is 1.61. The smallest absolute Gasteiger partial charge is 0.323 e. The first-order valence-corrected chi connectivity index (χ1v) is 7.12. The van der Waals surface area contributed by atoms with Crippen LogP contribution in [-0.2, 0) is 29.1 Å². The molecule has 2 heterocycles. The van der Waals surface area contributed by atoms with Crippen LogP contribution in [0.25, 0.3) is 0 Å². The molecule has 0 saturated heterocycles. The van der Waals surface area contributed by atoms with E-state index in [0.717, 1.165) is 5.69 Å². The minimum absolute atomic E-state index is 0.00852. The molecule has 0 spiro atoms. The maximum Gasteiger partial charge on any atom is 0.323 e. The molecule has 0 radical (unpaired) electrons. The van der Waals surface area contributed by atoms with Crippen LogP contribution in [0.4, 0.5) is 0 Å². The highest BCUT2D eigenvalue weighted by Crippen LogP contribution is 2.23. The van der Waals surface area contributed by atoms with Gasteiger partial charge in [0.05, 0.1) is 25.7 Å². The van der Waals surface area contributed by atoms with Crippen LogP contribution in [0.1, 0.15) is 22.5 Å². The molecule has 2 aromatic rings. The molecule has 0 unspecified atom stereocenters. The van der Waals surface area contributed by atoms with E-state index in [1.807, 2.05) is 0 Å². The number of aryl methyl sites for hydroxylation is 1. The fraction of sp³-hybridized carbons (Fsp3) is 0.400. The predicted octanol–water partition coefficient (Wildman–Crippen LogP) is 0.185. The number of aromatic nitrogens is 3. The van der Waals surface area contributed by atoms with Crippen LogP contribution in [-0.4, -0.2) is 44.3 Å². The molecular formula is C15H20N4O4. The molecule has 0 saturated carbocycles. The standard InChI is InChI=1S/C15H20N4O4/c1-9-14(21)12(10(7-20)4-17-9)6-18-13(15(22)23-2)3-11-5-16-8-19-11/h4-5,8,13,18,20-21H,3,6-7H2,1-2H3,(H,16,19)/t13-/m0/s1. The number of aromatic hydroxyl groups is 1. The Balaban J connectivity index is 2.15. The van der Waals surface area contributed by atoms with Gasteiger partial charge in [-0.25, -0.2) is 4.98 Å². The number of hydrogen-bond acceptors (Lipinski definition) is 7. The van der Waals surface area contributed by atoms with Crippen LogP contribution >= 0.6 is 0 Å². The molecule has 0 aliphatic rings. The van der Waals surface area contributed by atoms with Crippen molar-refractivity contribution in [2.45, 2.75) is 32.5 Å². The largest absolute Gasteiger partial charge is 0.506 e.